The number of halogens is 3. The molecular formula is C6H4BrI2N. The summed E-state index contributed by atoms with van der Waals surface area (Å²) in [6.45, 7) is 0. The van der Waals surface area contributed by atoms with Crippen molar-refractivity contribution in [3.05, 3.63) is 23.7 Å². The van der Waals surface area contributed by atoms with Crippen molar-refractivity contribution in [2.24, 2.45) is 0 Å². The largest absolute Gasteiger partial charge is 0.398 e. The predicted molar refractivity (Wildman–Crippen MR) is 64.0 cm³/mol. The first-order valence-electron chi connectivity index (χ1n) is 2.51. The Morgan fingerprint density at radius 3 is 2.20 bits per heavy atom. The number of hydrogen-bond donors (Lipinski definition) is 1. The Morgan fingerprint density at radius 1 is 1.20 bits per heavy atom. The minimum Gasteiger partial charge on any atom is -0.398 e. The average molecular weight is 424 g/mol. The lowest BCUT2D eigenvalue weighted by Crippen LogP contribution is -1.89. The van der Waals surface area contributed by atoms with Crippen molar-refractivity contribution in [2.45, 2.75) is 0 Å². The molecule has 0 aliphatic rings. The van der Waals surface area contributed by atoms with Gasteiger partial charge in [0.25, 0.3) is 0 Å². The molecule has 54 valence electrons. The third kappa shape index (κ3) is 1.97. The fraction of sp³-hybridized carbons (Fsp3) is 0. The van der Waals surface area contributed by atoms with E-state index in [0.29, 0.717) is 0 Å². The smallest absolute Gasteiger partial charge is 0.0469 e. The summed E-state index contributed by atoms with van der Waals surface area (Å²) in [7, 11) is 0. The van der Waals surface area contributed by atoms with Crippen LogP contribution in [0.15, 0.2) is 16.6 Å². The van der Waals surface area contributed by atoms with E-state index >= 15 is 0 Å². The molecule has 1 nitrogen and oxygen atoms in total. The Kier molecular flexibility index (Phi) is 3.23. The van der Waals surface area contributed by atoms with E-state index in [2.05, 4.69) is 61.1 Å². The zero-order valence-corrected chi connectivity index (χ0v) is 10.8. The van der Waals surface area contributed by atoms with Gasteiger partial charge in [-0.2, -0.15) is 0 Å². The minimum absolute atomic E-state index is 0.796. The first-order valence-corrected chi connectivity index (χ1v) is 5.46. The van der Waals surface area contributed by atoms with E-state index in [1.165, 1.54) is 7.14 Å². The Hall–Kier alpha value is 0.960. The summed E-state index contributed by atoms with van der Waals surface area (Å²) in [4.78, 5) is 0. The molecule has 2 N–H and O–H groups in total. The van der Waals surface area contributed by atoms with Crippen molar-refractivity contribution in [3.8, 4) is 0 Å². The lowest BCUT2D eigenvalue weighted by Gasteiger charge is -2.00. The van der Waals surface area contributed by atoms with Gasteiger partial charge in [-0.15, -0.1) is 0 Å². The van der Waals surface area contributed by atoms with Gasteiger partial charge in [-0.3, -0.25) is 0 Å². The summed E-state index contributed by atoms with van der Waals surface area (Å²) in [5.74, 6) is 0. The summed E-state index contributed by atoms with van der Waals surface area (Å²) in [6.07, 6.45) is 0. The molecule has 1 aromatic carbocycles. The van der Waals surface area contributed by atoms with Gasteiger partial charge < -0.3 is 5.73 Å². The maximum absolute atomic E-state index is 5.63. The molecular weight excluding hydrogens is 420 g/mol. The van der Waals surface area contributed by atoms with E-state index in [-0.39, 0.29) is 0 Å². The molecule has 1 rings (SSSR count). The molecule has 0 spiro atoms. The summed E-state index contributed by atoms with van der Waals surface area (Å²) < 4.78 is 3.38. The number of nitrogens with two attached hydrogens (primary N) is 1. The molecule has 0 unspecified atom stereocenters. The quantitative estimate of drug-likeness (QED) is 0.387. The van der Waals surface area contributed by atoms with Crippen molar-refractivity contribution >= 4 is 66.8 Å². The van der Waals surface area contributed by atoms with Crippen molar-refractivity contribution < 1.29 is 0 Å². The molecule has 0 saturated heterocycles. The maximum atomic E-state index is 5.63. The van der Waals surface area contributed by atoms with Crippen LogP contribution in [0, 0.1) is 7.14 Å². The third-order valence-electron chi connectivity index (χ3n) is 1.04. The van der Waals surface area contributed by atoms with Gasteiger partial charge in [-0.1, -0.05) is 0 Å². The molecule has 0 bridgehead atoms. The van der Waals surface area contributed by atoms with Gasteiger partial charge in [0.15, 0.2) is 0 Å². The molecule has 10 heavy (non-hydrogen) atoms. The van der Waals surface area contributed by atoms with Crippen LogP contribution in [-0.2, 0) is 0 Å². The molecule has 1 aromatic rings. The van der Waals surface area contributed by atoms with Gasteiger partial charge in [0.05, 0.1) is 0 Å². The van der Waals surface area contributed by atoms with Gasteiger partial charge in [0.2, 0.25) is 0 Å². The van der Waals surface area contributed by atoms with Gasteiger partial charge in [0, 0.05) is 17.3 Å². The molecule has 0 fully saturated rings. The topological polar surface area (TPSA) is 26.0 Å². The van der Waals surface area contributed by atoms with Crippen molar-refractivity contribution in [3.63, 3.8) is 0 Å². The maximum Gasteiger partial charge on any atom is 0.0469 e. The first-order chi connectivity index (χ1) is 4.61. The zero-order chi connectivity index (χ0) is 7.72. The van der Waals surface area contributed by atoms with Gasteiger partial charge in [-0.25, -0.2) is 0 Å². The highest BCUT2D eigenvalue weighted by molar-refractivity contribution is 14.1. The number of hydrogen-bond acceptors (Lipinski definition) is 1. The number of benzene rings is 1. The second kappa shape index (κ2) is 3.57. The van der Waals surface area contributed by atoms with E-state index < -0.39 is 0 Å². The normalized spacial score (nSPS) is 9.90. The Morgan fingerprint density at radius 2 is 1.70 bits per heavy atom. The second-order valence-electron chi connectivity index (χ2n) is 1.79. The van der Waals surface area contributed by atoms with Gasteiger partial charge in [0.1, 0.15) is 0 Å². The first kappa shape index (κ1) is 9.05. The van der Waals surface area contributed by atoms with E-state index in [4.69, 9.17) is 5.73 Å². The highest BCUT2D eigenvalue weighted by Gasteiger charge is 1.99. The lowest BCUT2D eigenvalue weighted by atomic mass is 10.3. The van der Waals surface area contributed by atoms with Crippen LogP contribution in [-0.4, -0.2) is 0 Å². The third-order valence-corrected chi connectivity index (χ3v) is 4.54. The van der Waals surface area contributed by atoms with Crippen LogP contribution in [0.25, 0.3) is 0 Å². The van der Waals surface area contributed by atoms with Crippen molar-refractivity contribution in [2.75, 3.05) is 5.73 Å². The fourth-order valence-electron chi connectivity index (χ4n) is 0.538. The minimum atomic E-state index is 0.796. The number of anilines is 1. The molecule has 0 aromatic heterocycles. The second-order valence-corrected chi connectivity index (χ2v) is 4.97. The number of rotatable bonds is 0. The molecule has 4 heteroatoms. The van der Waals surface area contributed by atoms with Crippen LogP contribution >= 0.6 is 61.1 Å². The van der Waals surface area contributed by atoms with Crippen LogP contribution in [0.5, 0.6) is 0 Å². The molecule has 0 saturated carbocycles. The predicted octanol–water partition coefficient (Wildman–Crippen LogP) is 3.24. The molecule has 0 radical (unpaired) electrons. The van der Waals surface area contributed by atoms with Gasteiger partial charge >= 0.3 is 0 Å². The standard InChI is InChI=1S/C6H4BrI2N/c7-3-1-4(8)5(9)2-6(3)10/h1-2H,10H2. The van der Waals surface area contributed by atoms with Crippen LogP contribution in [0.1, 0.15) is 0 Å². The van der Waals surface area contributed by atoms with E-state index in [9.17, 15) is 0 Å². The van der Waals surface area contributed by atoms with Gasteiger partial charge in [-0.05, 0) is 73.2 Å². The lowest BCUT2D eigenvalue weighted by molar-refractivity contribution is 1.54. The van der Waals surface area contributed by atoms with Crippen molar-refractivity contribution in [1.29, 1.82) is 0 Å². The molecule has 0 atom stereocenters. The highest BCUT2D eigenvalue weighted by Crippen LogP contribution is 2.25. The monoisotopic (exact) mass is 423 g/mol. The van der Waals surface area contributed by atoms with E-state index in [1.807, 2.05) is 12.1 Å². The SMILES string of the molecule is Nc1cc(I)c(I)cc1Br. The van der Waals surface area contributed by atoms with Crippen LogP contribution in [0.2, 0.25) is 0 Å². The summed E-state index contributed by atoms with van der Waals surface area (Å²) >= 11 is 7.88. The van der Waals surface area contributed by atoms with Crippen molar-refractivity contribution in [1.82, 2.24) is 0 Å². The summed E-state index contributed by atoms with van der Waals surface area (Å²) in [6, 6.07) is 3.96. The summed E-state index contributed by atoms with van der Waals surface area (Å²) in [5.41, 5.74) is 6.43. The Balaban J connectivity index is 3.28. The van der Waals surface area contributed by atoms with Crippen LogP contribution in [0.4, 0.5) is 5.69 Å². The van der Waals surface area contributed by atoms with E-state index in [1.54, 1.807) is 0 Å². The molecule has 0 amide bonds. The highest BCUT2D eigenvalue weighted by atomic mass is 127. The van der Waals surface area contributed by atoms with Crippen LogP contribution in [0.3, 0.4) is 0 Å². The number of nitrogen functional groups attached to an aromatic ring is 1. The zero-order valence-electron chi connectivity index (χ0n) is 4.87. The van der Waals surface area contributed by atoms with E-state index in [0.717, 1.165) is 10.2 Å². The molecule has 0 heterocycles. The molecule has 0 aliphatic carbocycles. The average Bonchev–Trinajstić information content (AvgIpc) is 1.84. The van der Waals surface area contributed by atoms with Crippen LogP contribution < -0.4 is 5.73 Å². The Bertz CT molecular complexity index is 212. The fourth-order valence-corrected chi connectivity index (χ4v) is 2.27. The summed E-state index contributed by atoms with van der Waals surface area (Å²) in [5, 5.41) is 0. The molecule has 0 aliphatic heterocycles. The Labute approximate surface area is 95.2 Å².